The van der Waals surface area contributed by atoms with Crippen molar-refractivity contribution in [3.63, 3.8) is 0 Å². The number of amides is 1. The molecule has 0 aromatic heterocycles. The van der Waals surface area contributed by atoms with E-state index in [0.717, 1.165) is 10.0 Å². The van der Waals surface area contributed by atoms with Gasteiger partial charge in [-0.15, -0.1) is 0 Å². The Bertz CT molecular complexity index is 670. The van der Waals surface area contributed by atoms with E-state index in [1.165, 1.54) is 0 Å². The van der Waals surface area contributed by atoms with Crippen LogP contribution < -0.4 is 10.5 Å². The number of primary amides is 1. The number of ether oxygens (including phenoxy) is 2. The molecular weight excluding hydrogens is 350 g/mol. The SMILES string of the molecule is NC(=O)COc1ccccc1C(=O)OCc1ccc(Br)cc1. The third kappa shape index (κ3) is 4.60. The lowest BCUT2D eigenvalue weighted by Gasteiger charge is -2.10. The van der Waals surface area contributed by atoms with Gasteiger partial charge in [0.15, 0.2) is 6.61 Å². The molecule has 114 valence electrons. The molecular formula is C16H14BrNO4. The molecule has 0 atom stereocenters. The van der Waals surface area contributed by atoms with Crippen molar-refractivity contribution in [3.05, 3.63) is 64.1 Å². The number of esters is 1. The van der Waals surface area contributed by atoms with E-state index in [-0.39, 0.29) is 24.5 Å². The van der Waals surface area contributed by atoms with Crippen molar-refractivity contribution < 1.29 is 19.1 Å². The van der Waals surface area contributed by atoms with Gasteiger partial charge in [0.05, 0.1) is 0 Å². The minimum Gasteiger partial charge on any atom is -0.483 e. The maximum absolute atomic E-state index is 12.1. The van der Waals surface area contributed by atoms with E-state index in [0.29, 0.717) is 0 Å². The molecule has 0 radical (unpaired) electrons. The smallest absolute Gasteiger partial charge is 0.342 e. The van der Waals surface area contributed by atoms with Crippen LogP contribution in [-0.2, 0) is 16.1 Å². The Balaban J connectivity index is 2.02. The normalized spacial score (nSPS) is 10.0. The predicted molar refractivity (Wildman–Crippen MR) is 84.4 cm³/mol. The van der Waals surface area contributed by atoms with Gasteiger partial charge >= 0.3 is 5.97 Å². The van der Waals surface area contributed by atoms with Crippen molar-refractivity contribution >= 4 is 27.8 Å². The molecule has 0 unspecified atom stereocenters. The lowest BCUT2D eigenvalue weighted by molar-refractivity contribution is -0.119. The largest absolute Gasteiger partial charge is 0.483 e. The van der Waals surface area contributed by atoms with Crippen molar-refractivity contribution in [2.24, 2.45) is 5.73 Å². The minimum absolute atomic E-state index is 0.149. The van der Waals surface area contributed by atoms with Gasteiger partial charge in [0.25, 0.3) is 5.91 Å². The fourth-order valence-corrected chi connectivity index (χ4v) is 1.98. The highest BCUT2D eigenvalue weighted by Crippen LogP contribution is 2.20. The van der Waals surface area contributed by atoms with Crippen molar-refractivity contribution in [1.29, 1.82) is 0 Å². The summed E-state index contributed by atoms with van der Waals surface area (Å²) in [4.78, 5) is 22.9. The molecule has 0 heterocycles. The van der Waals surface area contributed by atoms with Crippen LogP contribution in [-0.4, -0.2) is 18.5 Å². The van der Waals surface area contributed by atoms with Crippen LogP contribution in [0.3, 0.4) is 0 Å². The van der Waals surface area contributed by atoms with Crippen LogP contribution in [0.2, 0.25) is 0 Å². The fraction of sp³-hybridized carbons (Fsp3) is 0.125. The first-order chi connectivity index (χ1) is 10.6. The molecule has 0 bridgehead atoms. The zero-order chi connectivity index (χ0) is 15.9. The Kier molecular flexibility index (Phi) is 5.55. The van der Waals surface area contributed by atoms with E-state index in [1.807, 2.05) is 24.3 Å². The molecule has 6 heteroatoms. The molecule has 5 nitrogen and oxygen atoms in total. The van der Waals surface area contributed by atoms with Crippen LogP contribution in [0.4, 0.5) is 0 Å². The summed E-state index contributed by atoms with van der Waals surface area (Å²) < 4.78 is 11.4. The Morgan fingerprint density at radius 3 is 2.41 bits per heavy atom. The van der Waals surface area contributed by atoms with E-state index in [9.17, 15) is 9.59 Å². The Morgan fingerprint density at radius 2 is 1.73 bits per heavy atom. The maximum Gasteiger partial charge on any atom is 0.342 e. The molecule has 0 aliphatic heterocycles. The monoisotopic (exact) mass is 363 g/mol. The number of hydrogen-bond donors (Lipinski definition) is 1. The molecule has 0 saturated heterocycles. The molecule has 1 amide bonds. The van der Waals surface area contributed by atoms with E-state index in [2.05, 4.69) is 15.9 Å². The summed E-state index contributed by atoms with van der Waals surface area (Å²) >= 11 is 3.34. The fourth-order valence-electron chi connectivity index (χ4n) is 1.72. The Morgan fingerprint density at radius 1 is 1.05 bits per heavy atom. The molecule has 2 N–H and O–H groups in total. The molecule has 2 rings (SSSR count). The summed E-state index contributed by atoms with van der Waals surface area (Å²) in [6, 6.07) is 14.0. The predicted octanol–water partition coefficient (Wildman–Crippen LogP) is 2.67. The second kappa shape index (κ2) is 7.61. The van der Waals surface area contributed by atoms with Crippen LogP contribution in [0, 0.1) is 0 Å². The number of nitrogens with two attached hydrogens (primary N) is 1. The van der Waals surface area contributed by atoms with E-state index < -0.39 is 11.9 Å². The molecule has 2 aromatic rings. The summed E-state index contributed by atoms with van der Waals surface area (Å²) in [5, 5.41) is 0. The summed E-state index contributed by atoms with van der Waals surface area (Å²) in [6.07, 6.45) is 0. The van der Waals surface area contributed by atoms with Gasteiger partial charge < -0.3 is 15.2 Å². The second-order valence-corrected chi connectivity index (χ2v) is 5.37. The quantitative estimate of drug-likeness (QED) is 0.800. The van der Waals surface area contributed by atoms with Crippen molar-refractivity contribution in [3.8, 4) is 5.75 Å². The van der Waals surface area contributed by atoms with Gasteiger partial charge in [0, 0.05) is 4.47 Å². The lowest BCUT2D eigenvalue weighted by Crippen LogP contribution is -2.21. The van der Waals surface area contributed by atoms with Gasteiger partial charge in [-0.1, -0.05) is 40.2 Å². The molecule has 22 heavy (non-hydrogen) atoms. The van der Waals surface area contributed by atoms with Gasteiger partial charge in [-0.05, 0) is 29.8 Å². The first-order valence-electron chi connectivity index (χ1n) is 6.48. The topological polar surface area (TPSA) is 78.6 Å². The zero-order valence-corrected chi connectivity index (χ0v) is 13.2. The van der Waals surface area contributed by atoms with Gasteiger partial charge in [0.1, 0.15) is 17.9 Å². The molecule has 0 aliphatic carbocycles. The number of rotatable bonds is 6. The van der Waals surface area contributed by atoms with E-state index in [4.69, 9.17) is 15.2 Å². The average Bonchev–Trinajstić information content (AvgIpc) is 2.52. The van der Waals surface area contributed by atoms with Gasteiger partial charge in [-0.2, -0.15) is 0 Å². The zero-order valence-electron chi connectivity index (χ0n) is 11.6. The van der Waals surface area contributed by atoms with E-state index >= 15 is 0 Å². The standard InChI is InChI=1S/C16H14BrNO4/c17-12-7-5-11(6-8-12)9-22-16(20)13-3-1-2-4-14(13)21-10-15(18)19/h1-8H,9-10H2,(H2,18,19). The van der Waals surface area contributed by atoms with Crippen molar-refractivity contribution in [2.75, 3.05) is 6.61 Å². The summed E-state index contributed by atoms with van der Waals surface area (Å²) in [5.41, 5.74) is 6.15. The summed E-state index contributed by atoms with van der Waals surface area (Å²) in [6.45, 7) is -0.146. The molecule has 0 fully saturated rings. The first-order valence-corrected chi connectivity index (χ1v) is 7.27. The van der Waals surface area contributed by atoms with Gasteiger partial charge in [-0.3, -0.25) is 4.79 Å². The van der Waals surface area contributed by atoms with Crippen LogP contribution in [0.25, 0.3) is 0 Å². The summed E-state index contributed by atoms with van der Waals surface area (Å²) in [7, 11) is 0. The van der Waals surface area contributed by atoms with Gasteiger partial charge in [-0.25, -0.2) is 4.79 Å². The number of halogens is 1. The van der Waals surface area contributed by atoms with Crippen LogP contribution in [0.15, 0.2) is 53.0 Å². The minimum atomic E-state index is -0.613. The number of carbonyl (C=O) groups excluding carboxylic acids is 2. The van der Waals surface area contributed by atoms with Crippen molar-refractivity contribution in [1.82, 2.24) is 0 Å². The number of benzene rings is 2. The lowest BCUT2D eigenvalue weighted by atomic mass is 10.2. The highest BCUT2D eigenvalue weighted by molar-refractivity contribution is 9.10. The highest BCUT2D eigenvalue weighted by atomic mass is 79.9. The third-order valence-corrected chi connectivity index (χ3v) is 3.29. The van der Waals surface area contributed by atoms with Crippen LogP contribution in [0.1, 0.15) is 15.9 Å². The second-order valence-electron chi connectivity index (χ2n) is 4.45. The Hall–Kier alpha value is -2.34. The molecule has 0 spiro atoms. The van der Waals surface area contributed by atoms with Crippen LogP contribution >= 0.6 is 15.9 Å². The molecule has 0 saturated carbocycles. The van der Waals surface area contributed by atoms with Crippen molar-refractivity contribution in [2.45, 2.75) is 6.61 Å². The third-order valence-electron chi connectivity index (χ3n) is 2.76. The molecule has 0 aliphatic rings. The van der Waals surface area contributed by atoms with E-state index in [1.54, 1.807) is 24.3 Å². The Labute approximate surface area is 136 Å². The first kappa shape index (κ1) is 16.0. The van der Waals surface area contributed by atoms with Crippen LogP contribution in [0.5, 0.6) is 5.75 Å². The number of para-hydroxylation sites is 1. The summed E-state index contributed by atoms with van der Waals surface area (Å²) in [5.74, 6) is -0.872. The highest BCUT2D eigenvalue weighted by Gasteiger charge is 2.14. The maximum atomic E-state index is 12.1. The number of hydrogen-bond acceptors (Lipinski definition) is 4. The molecule has 2 aromatic carbocycles. The average molecular weight is 364 g/mol. The van der Waals surface area contributed by atoms with Gasteiger partial charge in [0.2, 0.25) is 0 Å². The number of carbonyl (C=O) groups is 2.